The number of hydrogen-bond donors (Lipinski definition) is 1. The van der Waals surface area contributed by atoms with Gasteiger partial charge in [0.25, 0.3) is 0 Å². The van der Waals surface area contributed by atoms with E-state index in [0.29, 0.717) is 0 Å². The maximum Gasteiger partial charge on any atom is 0.246 e. The molecular weight excluding hydrogens is 116 g/mol. The minimum Gasteiger partial charge on any atom is -0.289 e. The number of terminal acetylenes is 1. The van der Waals surface area contributed by atoms with E-state index in [0.717, 1.165) is 0 Å². The topological polar surface area (TPSA) is 32.3 Å². The molecular formula is C6H10N2O. The van der Waals surface area contributed by atoms with Gasteiger partial charge >= 0.3 is 0 Å². The Morgan fingerprint density at radius 1 is 1.78 bits per heavy atom. The molecule has 3 nitrogen and oxygen atoms in total. The molecule has 50 valence electrons. The number of nitrogens with zero attached hydrogens (tertiary/aromatic N) is 1. The van der Waals surface area contributed by atoms with Crippen LogP contribution < -0.4 is 5.43 Å². The van der Waals surface area contributed by atoms with Gasteiger partial charge in [-0.15, -0.1) is 6.42 Å². The molecule has 0 aliphatic carbocycles. The second-order valence-electron chi connectivity index (χ2n) is 1.81. The Kier molecular flexibility index (Phi) is 3.49. The third-order valence-electron chi connectivity index (χ3n) is 0.611. The summed E-state index contributed by atoms with van der Waals surface area (Å²) in [6.07, 6.45) is 5.01. The van der Waals surface area contributed by atoms with Crippen molar-refractivity contribution in [2.45, 2.75) is 6.42 Å². The maximum atomic E-state index is 10.6. The molecule has 0 heterocycles. The molecule has 0 atom stereocenters. The third-order valence-corrected chi connectivity index (χ3v) is 0.611. The van der Waals surface area contributed by atoms with Crippen LogP contribution in [0, 0.1) is 12.3 Å². The van der Waals surface area contributed by atoms with Gasteiger partial charge in [-0.05, 0) is 0 Å². The Labute approximate surface area is 55.0 Å². The van der Waals surface area contributed by atoms with E-state index in [4.69, 9.17) is 6.42 Å². The summed E-state index contributed by atoms with van der Waals surface area (Å²) in [5.41, 5.74) is 2.50. The van der Waals surface area contributed by atoms with Crippen LogP contribution in [-0.2, 0) is 4.79 Å². The lowest BCUT2D eigenvalue weighted by Crippen LogP contribution is -2.35. The van der Waals surface area contributed by atoms with E-state index in [9.17, 15) is 4.79 Å². The quantitative estimate of drug-likeness (QED) is 0.403. The summed E-state index contributed by atoms with van der Waals surface area (Å²) in [7, 11) is 3.46. The summed E-state index contributed by atoms with van der Waals surface area (Å²) in [6.45, 7) is 0. The molecule has 9 heavy (non-hydrogen) atoms. The lowest BCUT2D eigenvalue weighted by atomic mass is 10.4. The lowest BCUT2D eigenvalue weighted by molar-refractivity contribution is -0.123. The van der Waals surface area contributed by atoms with E-state index in [2.05, 4.69) is 11.3 Å². The summed E-state index contributed by atoms with van der Waals surface area (Å²) < 4.78 is 0. The van der Waals surface area contributed by atoms with Gasteiger partial charge in [-0.2, -0.15) is 0 Å². The van der Waals surface area contributed by atoms with Gasteiger partial charge in [-0.1, -0.05) is 5.92 Å². The molecule has 0 spiro atoms. The maximum absolute atomic E-state index is 10.6. The molecule has 0 bridgehead atoms. The first kappa shape index (κ1) is 7.99. The summed E-state index contributed by atoms with van der Waals surface area (Å²) in [5, 5.41) is 1.56. The summed E-state index contributed by atoms with van der Waals surface area (Å²) in [5.74, 6) is 2.08. The number of hydrazine groups is 1. The fourth-order valence-corrected chi connectivity index (χ4v) is 0.382. The first-order chi connectivity index (χ1) is 4.16. The molecule has 0 unspecified atom stereocenters. The number of carbonyl (C=O) groups excluding carboxylic acids is 1. The Bertz CT molecular complexity index is 134. The van der Waals surface area contributed by atoms with Crippen molar-refractivity contribution in [1.82, 2.24) is 10.4 Å². The normalized spacial score (nSPS) is 8.67. The molecule has 0 aromatic heterocycles. The highest BCUT2D eigenvalue weighted by atomic mass is 16.2. The van der Waals surface area contributed by atoms with E-state index >= 15 is 0 Å². The van der Waals surface area contributed by atoms with Crippen molar-refractivity contribution in [3.63, 3.8) is 0 Å². The van der Waals surface area contributed by atoms with Gasteiger partial charge in [-0.3, -0.25) is 10.2 Å². The zero-order chi connectivity index (χ0) is 7.28. The van der Waals surface area contributed by atoms with Crippen molar-refractivity contribution in [2.75, 3.05) is 14.1 Å². The van der Waals surface area contributed by atoms with Crippen LogP contribution >= 0.6 is 0 Å². The largest absolute Gasteiger partial charge is 0.289 e. The van der Waals surface area contributed by atoms with Crippen LogP contribution in [0.15, 0.2) is 0 Å². The number of nitrogens with one attached hydrogen (secondary N) is 1. The molecule has 0 fully saturated rings. The molecule has 0 saturated carbocycles. The van der Waals surface area contributed by atoms with Gasteiger partial charge in [0, 0.05) is 14.1 Å². The average Bonchev–Trinajstić information content (AvgIpc) is 1.63. The van der Waals surface area contributed by atoms with Crippen LogP contribution in [0.3, 0.4) is 0 Å². The molecule has 0 aliphatic heterocycles. The first-order valence-corrected chi connectivity index (χ1v) is 2.57. The fraction of sp³-hybridized carbons (Fsp3) is 0.500. The monoisotopic (exact) mass is 126 g/mol. The van der Waals surface area contributed by atoms with Crippen LogP contribution in [0.5, 0.6) is 0 Å². The van der Waals surface area contributed by atoms with Crippen LogP contribution in [0.1, 0.15) is 6.42 Å². The van der Waals surface area contributed by atoms with Crippen molar-refractivity contribution in [3.8, 4) is 12.3 Å². The van der Waals surface area contributed by atoms with Crippen molar-refractivity contribution < 1.29 is 4.79 Å². The molecule has 3 heteroatoms. The highest BCUT2D eigenvalue weighted by molar-refractivity contribution is 5.77. The minimum atomic E-state index is -0.150. The summed E-state index contributed by atoms with van der Waals surface area (Å²) in [4.78, 5) is 10.6. The van der Waals surface area contributed by atoms with Crippen molar-refractivity contribution in [2.24, 2.45) is 0 Å². The number of rotatable bonds is 2. The van der Waals surface area contributed by atoms with Gasteiger partial charge in [-0.25, -0.2) is 5.01 Å². The van der Waals surface area contributed by atoms with Crippen molar-refractivity contribution in [1.29, 1.82) is 0 Å². The molecule has 1 N–H and O–H groups in total. The smallest absolute Gasteiger partial charge is 0.246 e. The van der Waals surface area contributed by atoms with E-state index in [1.54, 1.807) is 19.1 Å². The lowest BCUT2D eigenvalue weighted by Gasteiger charge is -2.09. The molecule has 0 aromatic rings. The minimum absolute atomic E-state index is 0.137. The van der Waals surface area contributed by atoms with Crippen molar-refractivity contribution >= 4 is 5.91 Å². The molecule has 1 amide bonds. The van der Waals surface area contributed by atoms with E-state index in [1.807, 2.05) is 0 Å². The van der Waals surface area contributed by atoms with Gasteiger partial charge in [0.1, 0.15) is 0 Å². The van der Waals surface area contributed by atoms with Crippen molar-refractivity contribution in [3.05, 3.63) is 0 Å². The van der Waals surface area contributed by atoms with E-state index < -0.39 is 0 Å². The second kappa shape index (κ2) is 3.93. The number of hydrogen-bond acceptors (Lipinski definition) is 2. The van der Waals surface area contributed by atoms with E-state index in [-0.39, 0.29) is 12.3 Å². The number of amides is 1. The van der Waals surface area contributed by atoms with Gasteiger partial charge < -0.3 is 0 Å². The second-order valence-corrected chi connectivity index (χ2v) is 1.81. The van der Waals surface area contributed by atoms with Crippen LogP contribution in [-0.4, -0.2) is 25.0 Å². The Morgan fingerprint density at radius 3 is 2.67 bits per heavy atom. The predicted octanol–water partition coefficient (Wildman–Crippen LogP) is -0.398. The zero-order valence-electron chi connectivity index (χ0n) is 5.64. The number of carbonyl (C=O) groups is 1. The van der Waals surface area contributed by atoms with Crippen LogP contribution in [0.4, 0.5) is 0 Å². The van der Waals surface area contributed by atoms with Gasteiger partial charge in [0.05, 0.1) is 6.42 Å². The zero-order valence-corrected chi connectivity index (χ0v) is 5.64. The Hall–Kier alpha value is -1.01. The molecule has 0 aliphatic rings. The Balaban J connectivity index is 3.42. The molecule has 0 saturated heterocycles. The molecule has 0 rings (SSSR count). The van der Waals surface area contributed by atoms with Gasteiger partial charge in [0.2, 0.25) is 5.91 Å². The average molecular weight is 126 g/mol. The Morgan fingerprint density at radius 2 is 2.33 bits per heavy atom. The molecule has 0 radical (unpaired) electrons. The predicted molar refractivity (Wildman–Crippen MR) is 35.3 cm³/mol. The highest BCUT2D eigenvalue weighted by Gasteiger charge is 1.96. The first-order valence-electron chi connectivity index (χ1n) is 2.57. The van der Waals surface area contributed by atoms with E-state index in [1.165, 1.54) is 0 Å². The summed E-state index contributed by atoms with van der Waals surface area (Å²) in [6, 6.07) is 0. The van der Waals surface area contributed by atoms with Crippen LogP contribution in [0.25, 0.3) is 0 Å². The highest BCUT2D eigenvalue weighted by Crippen LogP contribution is 1.74. The fourth-order valence-electron chi connectivity index (χ4n) is 0.382. The molecule has 0 aromatic carbocycles. The summed E-state index contributed by atoms with van der Waals surface area (Å²) >= 11 is 0. The van der Waals surface area contributed by atoms with Crippen LogP contribution in [0.2, 0.25) is 0 Å². The third kappa shape index (κ3) is 4.85. The standard InChI is InChI=1S/C6H10N2O/c1-4-5-6(9)7-8(2)3/h1H,5H2,2-3H3,(H,7,9). The van der Waals surface area contributed by atoms with Gasteiger partial charge in [0.15, 0.2) is 0 Å². The SMILES string of the molecule is C#CCC(=O)NN(C)C.